The highest BCUT2D eigenvalue weighted by molar-refractivity contribution is 5.94. The molecule has 0 aliphatic heterocycles. The first-order valence-electron chi connectivity index (χ1n) is 10.2. The van der Waals surface area contributed by atoms with E-state index in [0.29, 0.717) is 32.4 Å². The smallest absolute Gasteiger partial charge is 0.327 e. The fourth-order valence-corrected chi connectivity index (χ4v) is 3.43. The first-order chi connectivity index (χ1) is 14.2. The van der Waals surface area contributed by atoms with Crippen molar-refractivity contribution < 1.29 is 19.4 Å². The normalized spacial score (nSPS) is 18.9. The van der Waals surface area contributed by atoms with Crippen molar-refractivity contribution in [2.24, 2.45) is 11.8 Å². The maximum absolute atomic E-state index is 13.0. The van der Waals surface area contributed by atoms with Gasteiger partial charge in [0.25, 0.3) is 5.91 Å². The van der Waals surface area contributed by atoms with Gasteiger partial charge < -0.3 is 15.2 Å². The van der Waals surface area contributed by atoms with Crippen LogP contribution in [0.3, 0.4) is 0 Å². The van der Waals surface area contributed by atoms with Crippen molar-refractivity contribution >= 4 is 11.9 Å². The molecule has 0 aromatic carbocycles. The predicted molar refractivity (Wildman–Crippen MR) is 113 cm³/mol. The summed E-state index contributed by atoms with van der Waals surface area (Å²) >= 11 is 0. The number of imidazole rings is 1. The molecular weight excluding hydrogens is 386 g/mol. The number of aromatic nitrogens is 2. The van der Waals surface area contributed by atoms with Crippen molar-refractivity contribution in [1.29, 1.82) is 0 Å². The number of nitrogens with one attached hydrogen (secondary N) is 2. The fraction of sp³-hybridized carbons (Fsp3) is 0.591. The van der Waals surface area contributed by atoms with Gasteiger partial charge in [-0.05, 0) is 57.8 Å². The van der Waals surface area contributed by atoms with Crippen molar-refractivity contribution in [2.45, 2.75) is 58.1 Å². The van der Waals surface area contributed by atoms with Crippen LogP contribution in [0.4, 0.5) is 0 Å². The van der Waals surface area contributed by atoms with E-state index in [1.54, 1.807) is 27.0 Å². The number of methoxy groups -OCH3 is 1. The minimum Gasteiger partial charge on any atom is -0.481 e. The molecule has 0 spiro atoms. The molecule has 1 saturated carbocycles. The summed E-state index contributed by atoms with van der Waals surface area (Å²) in [6.45, 7) is 8.01. The monoisotopic (exact) mass is 417 g/mol. The van der Waals surface area contributed by atoms with E-state index in [4.69, 9.17) is 9.84 Å². The Morgan fingerprint density at radius 3 is 2.60 bits per heavy atom. The predicted octanol–water partition coefficient (Wildman–Crippen LogP) is 2.15. The van der Waals surface area contributed by atoms with Crippen molar-refractivity contribution in [3.8, 4) is 11.8 Å². The second kappa shape index (κ2) is 10.3. The summed E-state index contributed by atoms with van der Waals surface area (Å²) in [6, 6.07) is 0. The highest BCUT2D eigenvalue weighted by atomic mass is 16.5. The molecule has 8 heteroatoms. The Labute approximate surface area is 176 Å². The Morgan fingerprint density at radius 2 is 2.03 bits per heavy atom. The first-order valence-corrected chi connectivity index (χ1v) is 10.2. The summed E-state index contributed by atoms with van der Waals surface area (Å²) in [5, 5.41) is 12.0. The van der Waals surface area contributed by atoms with Gasteiger partial charge in [0, 0.05) is 20.2 Å². The molecule has 0 unspecified atom stereocenters. The van der Waals surface area contributed by atoms with Gasteiger partial charge in [-0.25, -0.2) is 4.79 Å². The van der Waals surface area contributed by atoms with Crippen LogP contribution in [0.25, 0.3) is 0 Å². The molecule has 2 rings (SSSR count). The summed E-state index contributed by atoms with van der Waals surface area (Å²) in [5.41, 5.74) is -0.679. The second-order valence-corrected chi connectivity index (χ2v) is 8.11. The van der Waals surface area contributed by atoms with Crippen molar-refractivity contribution in [3.63, 3.8) is 0 Å². The highest BCUT2D eigenvalue weighted by Gasteiger charge is 2.27. The van der Waals surface area contributed by atoms with E-state index in [2.05, 4.69) is 28.7 Å². The lowest BCUT2D eigenvalue weighted by atomic mass is 9.82. The standard InChI is InChI=1S/C22H31N3O5/c1-5-6-13-25-18(17(24-21(25)29)11-12-22(2,3)30-4)19(26)23-14-15-7-9-16(10-8-15)20(27)28/h5,15-16H,1,6-10,13-14H2,2-4H3,(H,23,26)(H,24,29)(H,27,28). The second-order valence-electron chi connectivity index (χ2n) is 8.11. The number of amides is 1. The number of H-pyrrole nitrogens is 1. The number of ether oxygens (including phenoxy) is 1. The number of aliphatic carboxylic acids is 1. The molecule has 1 fully saturated rings. The van der Waals surface area contributed by atoms with E-state index in [1.165, 1.54) is 4.57 Å². The van der Waals surface area contributed by atoms with Crippen LogP contribution >= 0.6 is 0 Å². The van der Waals surface area contributed by atoms with Gasteiger partial charge in [-0.1, -0.05) is 12.0 Å². The Hall–Kier alpha value is -2.79. The topological polar surface area (TPSA) is 113 Å². The lowest BCUT2D eigenvalue weighted by Gasteiger charge is -2.26. The number of allylic oxidation sites excluding steroid dienone is 1. The molecule has 30 heavy (non-hydrogen) atoms. The molecule has 1 heterocycles. The highest BCUT2D eigenvalue weighted by Crippen LogP contribution is 2.28. The van der Waals surface area contributed by atoms with Gasteiger partial charge in [0.15, 0.2) is 0 Å². The summed E-state index contributed by atoms with van der Waals surface area (Å²) in [6.07, 6.45) is 4.96. The van der Waals surface area contributed by atoms with Crippen molar-refractivity contribution in [2.75, 3.05) is 13.7 Å². The van der Waals surface area contributed by atoms with E-state index >= 15 is 0 Å². The fourth-order valence-electron chi connectivity index (χ4n) is 3.43. The van der Waals surface area contributed by atoms with Crippen molar-refractivity contribution in [1.82, 2.24) is 14.9 Å². The van der Waals surface area contributed by atoms with E-state index in [1.807, 2.05) is 0 Å². The molecule has 3 N–H and O–H groups in total. The quantitative estimate of drug-likeness (QED) is 0.443. The van der Waals surface area contributed by atoms with Gasteiger partial charge >= 0.3 is 11.7 Å². The van der Waals surface area contributed by atoms with Crippen LogP contribution in [0.1, 0.15) is 62.1 Å². The molecule has 1 aliphatic carbocycles. The van der Waals surface area contributed by atoms with Crippen LogP contribution in [0.2, 0.25) is 0 Å². The Bertz CT molecular complexity index is 892. The zero-order chi connectivity index (χ0) is 22.3. The van der Waals surface area contributed by atoms with Gasteiger partial charge in [-0.15, -0.1) is 6.58 Å². The minimum absolute atomic E-state index is 0.195. The van der Waals surface area contributed by atoms with E-state index in [-0.39, 0.29) is 29.1 Å². The maximum Gasteiger partial charge on any atom is 0.327 e. The van der Waals surface area contributed by atoms with Crippen molar-refractivity contribution in [3.05, 3.63) is 34.5 Å². The number of carboxylic acid groups (broad SMARTS) is 1. The van der Waals surface area contributed by atoms with E-state index < -0.39 is 17.3 Å². The number of hydrogen-bond donors (Lipinski definition) is 3. The number of hydrogen-bond acceptors (Lipinski definition) is 4. The molecule has 1 amide bonds. The van der Waals surface area contributed by atoms with Gasteiger partial charge in [0.05, 0.1) is 5.92 Å². The first kappa shape index (κ1) is 23.5. The average molecular weight is 418 g/mol. The molecule has 1 aromatic heterocycles. The third-order valence-electron chi connectivity index (χ3n) is 5.50. The van der Waals surface area contributed by atoms with Crippen LogP contribution in [0.15, 0.2) is 17.4 Å². The molecular formula is C22H31N3O5. The lowest BCUT2D eigenvalue weighted by molar-refractivity contribution is -0.143. The summed E-state index contributed by atoms with van der Waals surface area (Å²) in [7, 11) is 1.54. The number of rotatable bonds is 8. The van der Waals surface area contributed by atoms with E-state index in [0.717, 1.165) is 12.8 Å². The molecule has 1 aliphatic rings. The number of aromatic amines is 1. The molecule has 164 valence electrons. The lowest BCUT2D eigenvalue weighted by Crippen LogP contribution is -2.34. The summed E-state index contributed by atoms with van der Waals surface area (Å²) in [4.78, 5) is 39.1. The van der Waals surface area contributed by atoms with E-state index in [9.17, 15) is 14.4 Å². The van der Waals surface area contributed by atoms with Crippen LogP contribution < -0.4 is 11.0 Å². The third kappa shape index (κ3) is 6.10. The minimum atomic E-state index is -0.752. The van der Waals surface area contributed by atoms with Crippen LogP contribution in [0.5, 0.6) is 0 Å². The maximum atomic E-state index is 13.0. The SMILES string of the molecule is C=CCCn1c(C(=O)NCC2CCC(C(=O)O)CC2)c(C#CC(C)(C)OC)[nH]c1=O. The summed E-state index contributed by atoms with van der Waals surface area (Å²) in [5.74, 6) is 4.60. The van der Waals surface area contributed by atoms with Gasteiger partial charge in [-0.3, -0.25) is 19.1 Å². The van der Waals surface area contributed by atoms with Crippen LogP contribution in [-0.4, -0.2) is 45.8 Å². The average Bonchev–Trinajstić information content (AvgIpc) is 3.04. The number of carbonyl (C=O) groups excluding carboxylic acids is 1. The van der Waals surface area contributed by atoms with Gasteiger partial charge in [0.1, 0.15) is 17.0 Å². The molecule has 0 saturated heterocycles. The largest absolute Gasteiger partial charge is 0.481 e. The van der Waals surface area contributed by atoms with Gasteiger partial charge in [-0.2, -0.15) is 0 Å². The Morgan fingerprint density at radius 1 is 1.37 bits per heavy atom. The zero-order valence-electron chi connectivity index (χ0n) is 17.9. The Balaban J connectivity index is 2.18. The molecule has 8 nitrogen and oxygen atoms in total. The van der Waals surface area contributed by atoms with Crippen LogP contribution in [0, 0.1) is 23.7 Å². The summed E-state index contributed by atoms with van der Waals surface area (Å²) < 4.78 is 6.66. The molecule has 0 bridgehead atoms. The Kier molecular flexibility index (Phi) is 8.07. The number of carbonyl (C=O) groups is 2. The zero-order valence-corrected chi connectivity index (χ0v) is 17.9. The third-order valence-corrected chi connectivity index (χ3v) is 5.50. The van der Waals surface area contributed by atoms with Crippen LogP contribution in [-0.2, 0) is 16.1 Å². The number of carboxylic acids is 1. The number of nitrogens with zero attached hydrogens (tertiary/aromatic N) is 1. The van der Waals surface area contributed by atoms with Gasteiger partial charge in [0.2, 0.25) is 0 Å². The molecule has 0 atom stereocenters. The molecule has 1 aromatic rings. The molecule has 0 radical (unpaired) electrons.